The molecule has 0 fully saturated rings. The first kappa shape index (κ1) is 18.8. The summed E-state index contributed by atoms with van der Waals surface area (Å²) in [5, 5.41) is 10.9. The highest BCUT2D eigenvalue weighted by Gasteiger charge is 2.26. The van der Waals surface area contributed by atoms with Crippen LogP contribution in [0.3, 0.4) is 0 Å². The molecule has 0 unspecified atom stereocenters. The summed E-state index contributed by atoms with van der Waals surface area (Å²) >= 11 is 5.84. The highest BCUT2D eigenvalue weighted by atomic mass is 35.5. The summed E-state index contributed by atoms with van der Waals surface area (Å²) in [7, 11) is -1.54. The fraction of sp³-hybridized carbons (Fsp3) is 0.143. The molecule has 0 bridgehead atoms. The minimum atomic E-state index is -1.71. The molecular weight excluding hydrogens is 371 g/mol. The molecule has 3 aromatic carbocycles. The van der Waals surface area contributed by atoms with E-state index in [9.17, 15) is 9.32 Å². The first-order valence-electron chi connectivity index (χ1n) is 8.12. The quantitative estimate of drug-likeness (QED) is 0.621. The largest absolute Gasteiger partial charge is 0.385 e. The van der Waals surface area contributed by atoms with Gasteiger partial charge in [-0.3, -0.25) is 0 Å². The molecule has 26 heavy (non-hydrogen) atoms. The summed E-state index contributed by atoms with van der Waals surface area (Å²) in [6, 6.07) is 20.2. The predicted octanol–water partition coefficient (Wildman–Crippen LogP) is 5.56. The van der Waals surface area contributed by atoms with Gasteiger partial charge in [0.25, 0.3) is 0 Å². The molecule has 0 saturated carbocycles. The van der Waals surface area contributed by atoms with E-state index in [1.807, 2.05) is 19.1 Å². The fourth-order valence-electron chi connectivity index (χ4n) is 2.67. The normalized spacial score (nSPS) is 14.6. The van der Waals surface area contributed by atoms with Crippen molar-refractivity contribution >= 4 is 22.4 Å². The molecule has 0 heterocycles. The summed E-state index contributed by atoms with van der Waals surface area (Å²) in [4.78, 5) is 0.952. The second kappa shape index (κ2) is 8.12. The van der Waals surface area contributed by atoms with Gasteiger partial charge in [0.05, 0.1) is 10.8 Å². The van der Waals surface area contributed by atoms with Crippen LogP contribution in [0.4, 0.5) is 4.39 Å². The molecule has 5 heteroatoms. The zero-order valence-corrected chi connectivity index (χ0v) is 15.7. The van der Waals surface area contributed by atoms with Crippen molar-refractivity contribution in [2.24, 2.45) is 0 Å². The topological polar surface area (TPSA) is 37.3 Å². The van der Waals surface area contributed by atoms with Crippen molar-refractivity contribution in [2.45, 2.75) is 29.0 Å². The van der Waals surface area contributed by atoms with E-state index >= 15 is 4.39 Å². The van der Waals surface area contributed by atoms with Crippen LogP contribution < -0.4 is 0 Å². The van der Waals surface area contributed by atoms with Gasteiger partial charge >= 0.3 is 0 Å². The Morgan fingerprint density at radius 2 is 1.58 bits per heavy atom. The van der Waals surface area contributed by atoms with Crippen molar-refractivity contribution < 1.29 is 13.7 Å². The molecule has 0 amide bonds. The third-order valence-electron chi connectivity index (χ3n) is 4.14. The molecule has 0 aliphatic heterocycles. The Bertz CT molecular complexity index is 910. The Kier molecular flexibility index (Phi) is 5.87. The van der Waals surface area contributed by atoms with Gasteiger partial charge in [-0.25, -0.2) is 8.60 Å². The van der Waals surface area contributed by atoms with E-state index in [-0.39, 0.29) is 5.56 Å². The van der Waals surface area contributed by atoms with E-state index < -0.39 is 23.1 Å². The standard InChI is InChI=1S/C21H18ClFO2S/c1-14-6-12-17(13-7-14)26(25)19-5-3-2-4-18(19)20(23)21(24)15-8-10-16(22)11-9-15/h2-13,20-21,24H,1H3/t20-,21-,26-/m0/s1. The number of rotatable bonds is 5. The average molecular weight is 389 g/mol. The van der Waals surface area contributed by atoms with Gasteiger partial charge in [0.15, 0.2) is 6.17 Å². The summed E-state index contributed by atoms with van der Waals surface area (Å²) in [5.41, 5.74) is 1.69. The van der Waals surface area contributed by atoms with Crippen LogP contribution in [-0.2, 0) is 10.8 Å². The van der Waals surface area contributed by atoms with Crippen LogP contribution in [0.5, 0.6) is 0 Å². The first-order valence-corrected chi connectivity index (χ1v) is 9.65. The van der Waals surface area contributed by atoms with Crippen LogP contribution in [0.15, 0.2) is 82.6 Å². The van der Waals surface area contributed by atoms with Gasteiger partial charge in [0, 0.05) is 20.4 Å². The molecule has 0 spiro atoms. The number of hydrogen-bond acceptors (Lipinski definition) is 2. The molecule has 3 aromatic rings. The molecule has 134 valence electrons. The zero-order valence-electron chi connectivity index (χ0n) is 14.1. The molecule has 0 radical (unpaired) electrons. The van der Waals surface area contributed by atoms with Gasteiger partial charge in [-0.2, -0.15) is 0 Å². The van der Waals surface area contributed by atoms with E-state index in [0.29, 0.717) is 20.4 Å². The lowest BCUT2D eigenvalue weighted by atomic mass is 9.99. The van der Waals surface area contributed by atoms with Crippen LogP contribution in [0.2, 0.25) is 5.02 Å². The SMILES string of the molecule is Cc1ccc([S@](=O)c2ccccc2[C@H](F)[C@@H](O)c2ccc(Cl)cc2)cc1. The minimum Gasteiger partial charge on any atom is -0.385 e. The van der Waals surface area contributed by atoms with Gasteiger partial charge in [-0.15, -0.1) is 0 Å². The van der Waals surface area contributed by atoms with E-state index in [1.54, 1.807) is 60.7 Å². The highest BCUT2D eigenvalue weighted by Crippen LogP contribution is 2.36. The third kappa shape index (κ3) is 4.04. The van der Waals surface area contributed by atoms with Gasteiger partial charge in [0.2, 0.25) is 0 Å². The lowest BCUT2D eigenvalue weighted by Crippen LogP contribution is -2.09. The second-order valence-electron chi connectivity index (χ2n) is 6.02. The van der Waals surface area contributed by atoms with Gasteiger partial charge in [0.1, 0.15) is 6.10 Å². The van der Waals surface area contributed by atoms with Crippen LogP contribution in [0, 0.1) is 6.92 Å². The Balaban J connectivity index is 1.94. The van der Waals surface area contributed by atoms with Crippen molar-refractivity contribution in [3.63, 3.8) is 0 Å². The van der Waals surface area contributed by atoms with E-state index in [4.69, 9.17) is 11.6 Å². The number of hydrogen-bond donors (Lipinski definition) is 1. The van der Waals surface area contributed by atoms with Gasteiger partial charge in [-0.05, 0) is 42.8 Å². The van der Waals surface area contributed by atoms with E-state index in [1.165, 1.54) is 0 Å². The fourth-order valence-corrected chi connectivity index (χ4v) is 4.03. The Morgan fingerprint density at radius 3 is 2.23 bits per heavy atom. The van der Waals surface area contributed by atoms with E-state index in [2.05, 4.69) is 0 Å². The number of aliphatic hydroxyl groups excluding tert-OH is 1. The van der Waals surface area contributed by atoms with Crippen molar-refractivity contribution in [2.75, 3.05) is 0 Å². The lowest BCUT2D eigenvalue weighted by Gasteiger charge is -2.19. The number of aliphatic hydroxyl groups is 1. The maximum Gasteiger partial charge on any atom is 0.156 e. The average Bonchev–Trinajstić information content (AvgIpc) is 2.67. The highest BCUT2D eigenvalue weighted by molar-refractivity contribution is 7.85. The Labute approximate surface area is 159 Å². The van der Waals surface area contributed by atoms with E-state index in [0.717, 1.165) is 5.56 Å². The molecule has 0 saturated heterocycles. The number of halogens is 2. The molecule has 3 rings (SSSR count). The van der Waals surface area contributed by atoms with Crippen molar-refractivity contribution in [1.29, 1.82) is 0 Å². The van der Waals surface area contributed by atoms with Gasteiger partial charge < -0.3 is 5.11 Å². The minimum absolute atomic E-state index is 0.217. The van der Waals surface area contributed by atoms with Crippen LogP contribution in [0.25, 0.3) is 0 Å². The summed E-state index contributed by atoms with van der Waals surface area (Å²) in [5.74, 6) is 0. The molecule has 1 N–H and O–H groups in total. The predicted molar refractivity (Wildman–Crippen MR) is 103 cm³/mol. The molecule has 3 atom stereocenters. The smallest absolute Gasteiger partial charge is 0.156 e. The van der Waals surface area contributed by atoms with Gasteiger partial charge in [-0.1, -0.05) is 59.6 Å². The Hall–Kier alpha value is -2.01. The van der Waals surface area contributed by atoms with Crippen molar-refractivity contribution in [3.8, 4) is 0 Å². The van der Waals surface area contributed by atoms with Crippen molar-refractivity contribution in [1.82, 2.24) is 0 Å². The first-order chi connectivity index (χ1) is 12.5. The second-order valence-corrected chi connectivity index (χ2v) is 7.90. The molecular formula is C21H18ClFO2S. The summed E-state index contributed by atoms with van der Waals surface area (Å²) in [6.07, 6.45) is -3.08. The van der Waals surface area contributed by atoms with Crippen LogP contribution in [-0.4, -0.2) is 9.32 Å². The van der Waals surface area contributed by atoms with Crippen LogP contribution >= 0.6 is 11.6 Å². The molecule has 0 aromatic heterocycles. The number of alkyl halides is 1. The monoisotopic (exact) mass is 388 g/mol. The van der Waals surface area contributed by atoms with Crippen molar-refractivity contribution in [3.05, 3.63) is 94.5 Å². The zero-order chi connectivity index (χ0) is 18.7. The molecule has 0 aliphatic rings. The number of benzene rings is 3. The third-order valence-corrected chi connectivity index (χ3v) is 5.86. The lowest BCUT2D eigenvalue weighted by molar-refractivity contribution is 0.0760. The molecule has 2 nitrogen and oxygen atoms in total. The maximum atomic E-state index is 15.1. The Morgan fingerprint density at radius 1 is 0.962 bits per heavy atom. The van der Waals surface area contributed by atoms with Crippen LogP contribution in [0.1, 0.15) is 29.0 Å². The summed E-state index contributed by atoms with van der Waals surface area (Å²) < 4.78 is 28.0. The maximum absolute atomic E-state index is 15.1. The molecule has 0 aliphatic carbocycles. The summed E-state index contributed by atoms with van der Waals surface area (Å²) in [6.45, 7) is 1.95. The number of aryl methyl sites for hydroxylation is 1.